The molecule has 1 unspecified atom stereocenters. The first-order valence-electron chi connectivity index (χ1n) is 7.51. The van der Waals surface area contributed by atoms with Gasteiger partial charge in [-0.25, -0.2) is 0 Å². The van der Waals surface area contributed by atoms with Gasteiger partial charge in [0.2, 0.25) is 5.91 Å². The van der Waals surface area contributed by atoms with Gasteiger partial charge in [0.05, 0.1) is 0 Å². The number of likely N-dealkylation sites (tertiary alicyclic amines) is 1. The zero-order chi connectivity index (χ0) is 14.2. The summed E-state index contributed by atoms with van der Waals surface area (Å²) >= 11 is 0. The molecule has 0 aromatic heterocycles. The topological polar surface area (TPSA) is 32.3 Å². The molecule has 1 atom stereocenters. The molecule has 1 fully saturated rings. The van der Waals surface area contributed by atoms with E-state index in [9.17, 15) is 4.79 Å². The largest absolute Gasteiger partial charge is 0.351 e. The molecule has 1 heterocycles. The summed E-state index contributed by atoms with van der Waals surface area (Å²) in [5, 5.41) is 2.95. The average molecular weight is 272 g/mol. The van der Waals surface area contributed by atoms with E-state index in [1.807, 2.05) is 36.4 Å². The van der Waals surface area contributed by atoms with Crippen LogP contribution in [0.1, 0.15) is 31.7 Å². The Morgan fingerprint density at radius 1 is 1.35 bits per heavy atom. The minimum atomic E-state index is -0.0153. The highest BCUT2D eigenvalue weighted by Crippen LogP contribution is 2.15. The third-order valence-electron chi connectivity index (χ3n) is 3.87. The van der Waals surface area contributed by atoms with Gasteiger partial charge in [-0.05, 0) is 37.9 Å². The SMILES string of the molecule is CC1CCCCN1CCNC(=O)C=Cc1ccccc1. The van der Waals surface area contributed by atoms with Gasteiger partial charge in [-0.2, -0.15) is 0 Å². The van der Waals surface area contributed by atoms with Crippen molar-refractivity contribution in [1.82, 2.24) is 10.2 Å². The summed E-state index contributed by atoms with van der Waals surface area (Å²) in [7, 11) is 0. The zero-order valence-electron chi connectivity index (χ0n) is 12.2. The molecule has 20 heavy (non-hydrogen) atoms. The minimum absolute atomic E-state index is 0.0153. The molecule has 108 valence electrons. The van der Waals surface area contributed by atoms with Crippen LogP contribution >= 0.6 is 0 Å². The van der Waals surface area contributed by atoms with Crippen molar-refractivity contribution < 1.29 is 4.79 Å². The Balaban J connectivity index is 1.69. The second kappa shape index (κ2) is 7.85. The van der Waals surface area contributed by atoms with Crippen LogP contribution in [0.5, 0.6) is 0 Å². The Labute approximate surface area is 121 Å². The van der Waals surface area contributed by atoms with E-state index in [0.717, 1.165) is 25.2 Å². The summed E-state index contributed by atoms with van der Waals surface area (Å²) in [6.45, 7) is 5.11. The van der Waals surface area contributed by atoms with Gasteiger partial charge in [0.15, 0.2) is 0 Å². The fourth-order valence-corrected chi connectivity index (χ4v) is 2.61. The van der Waals surface area contributed by atoms with Crippen molar-refractivity contribution in [3.05, 3.63) is 42.0 Å². The molecular weight excluding hydrogens is 248 g/mol. The lowest BCUT2D eigenvalue weighted by atomic mass is 10.0. The molecule has 0 saturated carbocycles. The van der Waals surface area contributed by atoms with Gasteiger partial charge in [-0.3, -0.25) is 9.69 Å². The lowest BCUT2D eigenvalue weighted by Crippen LogP contribution is -2.42. The van der Waals surface area contributed by atoms with Crippen LogP contribution in [0.2, 0.25) is 0 Å². The van der Waals surface area contributed by atoms with Crippen LogP contribution in [0.15, 0.2) is 36.4 Å². The molecule has 0 radical (unpaired) electrons. The molecule has 1 aromatic carbocycles. The number of hydrogen-bond donors (Lipinski definition) is 1. The molecule has 1 saturated heterocycles. The van der Waals surface area contributed by atoms with Crippen LogP contribution in [-0.2, 0) is 4.79 Å². The summed E-state index contributed by atoms with van der Waals surface area (Å²) in [6, 6.07) is 10.5. The molecule has 3 heteroatoms. The van der Waals surface area contributed by atoms with Gasteiger partial charge < -0.3 is 5.32 Å². The summed E-state index contributed by atoms with van der Waals surface area (Å²) in [5.41, 5.74) is 1.05. The van der Waals surface area contributed by atoms with Crippen molar-refractivity contribution >= 4 is 12.0 Å². The van der Waals surface area contributed by atoms with E-state index in [2.05, 4.69) is 17.1 Å². The van der Waals surface area contributed by atoms with Crippen molar-refractivity contribution in [3.63, 3.8) is 0 Å². The van der Waals surface area contributed by atoms with Gasteiger partial charge in [0.25, 0.3) is 0 Å². The highest BCUT2D eigenvalue weighted by atomic mass is 16.1. The first-order chi connectivity index (χ1) is 9.75. The quantitative estimate of drug-likeness (QED) is 0.836. The summed E-state index contributed by atoms with van der Waals surface area (Å²) in [4.78, 5) is 14.2. The van der Waals surface area contributed by atoms with Crippen LogP contribution in [0.4, 0.5) is 0 Å². The summed E-state index contributed by atoms with van der Waals surface area (Å²) in [5.74, 6) is -0.0153. The van der Waals surface area contributed by atoms with E-state index < -0.39 is 0 Å². The molecule has 1 aliphatic rings. The Morgan fingerprint density at radius 3 is 2.90 bits per heavy atom. The van der Waals surface area contributed by atoms with Crippen LogP contribution in [-0.4, -0.2) is 36.5 Å². The molecule has 1 amide bonds. The number of hydrogen-bond acceptors (Lipinski definition) is 2. The summed E-state index contributed by atoms with van der Waals surface area (Å²) in [6.07, 6.45) is 7.35. The Bertz CT molecular complexity index is 442. The van der Waals surface area contributed by atoms with E-state index in [0.29, 0.717) is 6.04 Å². The van der Waals surface area contributed by atoms with Crippen LogP contribution in [0.25, 0.3) is 6.08 Å². The lowest BCUT2D eigenvalue weighted by Gasteiger charge is -2.33. The molecule has 0 bridgehead atoms. The van der Waals surface area contributed by atoms with E-state index in [1.165, 1.54) is 19.3 Å². The maximum Gasteiger partial charge on any atom is 0.244 e. The third-order valence-corrected chi connectivity index (χ3v) is 3.87. The molecule has 0 spiro atoms. The molecule has 1 aliphatic heterocycles. The number of benzene rings is 1. The number of rotatable bonds is 5. The number of nitrogens with one attached hydrogen (secondary N) is 1. The first-order valence-corrected chi connectivity index (χ1v) is 7.51. The van der Waals surface area contributed by atoms with E-state index in [-0.39, 0.29) is 5.91 Å². The third kappa shape index (κ3) is 4.82. The average Bonchev–Trinajstić information content (AvgIpc) is 2.48. The maximum atomic E-state index is 11.7. The van der Waals surface area contributed by atoms with Crippen LogP contribution in [0.3, 0.4) is 0 Å². The number of piperidine rings is 1. The van der Waals surface area contributed by atoms with Crippen LogP contribution in [0, 0.1) is 0 Å². The number of amides is 1. The van der Waals surface area contributed by atoms with Crippen LogP contribution < -0.4 is 5.32 Å². The first kappa shape index (κ1) is 14.8. The fourth-order valence-electron chi connectivity index (χ4n) is 2.61. The molecule has 0 aliphatic carbocycles. The molecule has 3 nitrogen and oxygen atoms in total. The van der Waals surface area contributed by atoms with Crippen molar-refractivity contribution in [3.8, 4) is 0 Å². The monoisotopic (exact) mass is 272 g/mol. The zero-order valence-corrected chi connectivity index (χ0v) is 12.2. The Hall–Kier alpha value is -1.61. The molecule has 1 N–H and O–H groups in total. The highest BCUT2D eigenvalue weighted by molar-refractivity contribution is 5.91. The Morgan fingerprint density at radius 2 is 2.15 bits per heavy atom. The summed E-state index contributed by atoms with van der Waals surface area (Å²) < 4.78 is 0. The minimum Gasteiger partial charge on any atom is -0.351 e. The van der Waals surface area contributed by atoms with Crippen molar-refractivity contribution in [2.75, 3.05) is 19.6 Å². The number of nitrogens with zero attached hydrogens (tertiary/aromatic N) is 1. The number of carbonyl (C=O) groups excluding carboxylic acids is 1. The maximum absolute atomic E-state index is 11.7. The number of carbonyl (C=O) groups is 1. The van der Waals surface area contributed by atoms with Crippen molar-refractivity contribution in [2.24, 2.45) is 0 Å². The second-order valence-electron chi connectivity index (χ2n) is 5.42. The Kier molecular flexibility index (Phi) is 5.81. The normalized spacial score (nSPS) is 20.1. The fraction of sp³-hybridized carbons (Fsp3) is 0.471. The van der Waals surface area contributed by atoms with Gasteiger partial charge in [-0.1, -0.05) is 36.8 Å². The van der Waals surface area contributed by atoms with Gasteiger partial charge in [0.1, 0.15) is 0 Å². The van der Waals surface area contributed by atoms with Crippen molar-refractivity contribution in [2.45, 2.75) is 32.2 Å². The lowest BCUT2D eigenvalue weighted by molar-refractivity contribution is -0.116. The van der Waals surface area contributed by atoms with Gasteiger partial charge >= 0.3 is 0 Å². The van der Waals surface area contributed by atoms with E-state index in [1.54, 1.807) is 6.08 Å². The molecule has 2 rings (SSSR count). The molecule has 1 aromatic rings. The van der Waals surface area contributed by atoms with Gasteiger partial charge in [-0.15, -0.1) is 0 Å². The van der Waals surface area contributed by atoms with Crippen molar-refractivity contribution in [1.29, 1.82) is 0 Å². The standard InChI is InChI=1S/C17H24N2O/c1-15-7-5-6-13-19(15)14-12-18-17(20)11-10-16-8-3-2-4-9-16/h2-4,8-11,15H,5-7,12-14H2,1H3,(H,18,20). The van der Waals surface area contributed by atoms with E-state index >= 15 is 0 Å². The predicted octanol–water partition coefficient (Wildman–Crippen LogP) is 2.69. The van der Waals surface area contributed by atoms with Gasteiger partial charge in [0, 0.05) is 25.2 Å². The predicted molar refractivity (Wildman–Crippen MR) is 83.4 cm³/mol. The second-order valence-corrected chi connectivity index (χ2v) is 5.42. The highest BCUT2D eigenvalue weighted by Gasteiger charge is 2.17. The smallest absolute Gasteiger partial charge is 0.244 e. The molecular formula is C17H24N2O. The van der Waals surface area contributed by atoms with E-state index in [4.69, 9.17) is 0 Å².